The van der Waals surface area contributed by atoms with Crippen LogP contribution in [0.4, 0.5) is 5.82 Å². The van der Waals surface area contributed by atoms with Crippen LogP contribution in [0, 0.1) is 0 Å². The predicted octanol–water partition coefficient (Wildman–Crippen LogP) is 1.01. The Bertz CT molecular complexity index is 474. The molecule has 2 heterocycles. The van der Waals surface area contributed by atoms with Crippen molar-refractivity contribution in [3.63, 3.8) is 0 Å². The molecule has 0 amide bonds. The molecule has 19 heavy (non-hydrogen) atoms. The molecule has 0 bridgehead atoms. The van der Waals surface area contributed by atoms with E-state index in [0.29, 0.717) is 5.56 Å². The van der Waals surface area contributed by atoms with Crippen LogP contribution < -0.4 is 10.2 Å². The minimum absolute atomic E-state index is 0.317. The maximum Gasteiger partial charge on any atom is 0.341 e. The van der Waals surface area contributed by atoms with Gasteiger partial charge in [-0.1, -0.05) is 0 Å². The lowest BCUT2D eigenvalue weighted by atomic mass is 10.1. The number of esters is 1. The van der Waals surface area contributed by atoms with Gasteiger partial charge in [0.1, 0.15) is 11.4 Å². The van der Waals surface area contributed by atoms with E-state index in [1.807, 2.05) is 24.9 Å². The first-order valence-electron chi connectivity index (χ1n) is 6.70. The van der Waals surface area contributed by atoms with Crippen LogP contribution in [0.1, 0.15) is 28.5 Å². The summed E-state index contributed by atoms with van der Waals surface area (Å²) in [5.74, 6) is 0.401. The number of fused-ring (bicyclic) bond motifs is 1. The second kappa shape index (κ2) is 6.02. The van der Waals surface area contributed by atoms with Crippen molar-refractivity contribution >= 4 is 11.8 Å². The third-order valence-electron chi connectivity index (χ3n) is 3.52. The number of anilines is 1. The fourth-order valence-corrected chi connectivity index (χ4v) is 2.27. The van der Waals surface area contributed by atoms with Gasteiger partial charge in [0, 0.05) is 32.3 Å². The van der Waals surface area contributed by atoms with Crippen LogP contribution >= 0.6 is 0 Å². The van der Waals surface area contributed by atoms with Crippen molar-refractivity contribution in [2.45, 2.75) is 19.8 Å². The van der Waals surface area contributed by atoms with Gasteiger partial charge in [0.2, 0.25) is 0 Å². The third kappa shape index (κ3) is 2.87. The van der Waals surface area contributed by atoms with Crippen LogP contribution in [-0.2, 0) is 17.6 Å². The zero-order chi connectivity index (χ0) is 13.8. The molecule has 104 valence electrons. The van der Waals surface area contributed by atoms with E-state index in [9.17, 15) is 4.79 Å². The average Bonchev–Trinajstić information content (AvgIpc) is 2.68. The summed E-state index contributed by atoms with van der Waals surface area (Å²) in [5.41, 5.74) is 2.80. The fourth-order valence-electron chi connectivity index (χ4n) is 2.27. The largest absolute Gasteiger partial charge is 0.465 e. The summed E-state index contributed by atoms with van der Waals surface area (Å²) in [4.78, 5) is 18.6. The Morgan fingerprint density at radius 2 is 2.21 bits per heavy atom. The monoisotopic (exact) mass is 263 g/mol. The first kappa shape index (κ1) is 13.8. The lowest BCUT2D eigenvalue weighted by Crippen LogP contribution is -2.22. The first-order chi connectivity index (χ1) is 9.17. The van der Waals surface area contributed by atoms with E-state index in [1.54, 1.807) is 0 Å². The number of carbonyl (C=O) groups excluding carboxylic acids is 1. The summed E-state index contributed by atoms with van der Waals surface area (Å²) in [6.07, 6.45) is 1.81. The van der Waals surface area contributed by atoms with Crippen molar-refractivity contribution < 1.29 is 9.53 Å². The van der Waals surface area contributed by atoms with E-state index < -0.39 is 0 Å². The number of methoxy groups -OCH3 is 1. The molecule has 0 radical (unpaired) electrons. The highest BCUT2D eigenvalue weighted by Crippen LogP contribution is 2.23. The van der Waals surface area contributed by atoms with Crippen molar-refractivity contribution in [2.75, 3.05) is 38.7 Å². The molecule has 1 aliphatic heterocycles. The van der Waals surface area contributed by atoms with Gasteiger partial charge >= 0.3 is 5.97 Å². The molecule has 0 aliphatic carbocycles. The maximum absolute atomic E-state index is 11.9. The normalized spacial score (nSPS) is 14.5. The van der Waals surface area contributed by atoms with Gasteiger partial charge < -0.3 is 15.0 Å². The van der Waals surface area contributed by atoms with E-state index in [2.05, 4.69) is 5.32 Å². The van der Waals surface area contributed by atoms with Gasteiger partial charge in [-0.05, 0) is 31.5 Å². The van der Waals surface area contributed by atoms with Crippen LogP contribution in [0.3, 0.4) is 0 Å². The highest BCUT2D eigenvalue weighted by molar-refractivity contribution is 5.95. The number of pyridine rings is 1. The predicted molar refractivity (Wildman–Crippen MR) is 74.8 cm³/mol. The highest BCUT2D eigenvalue weighted by Gasteiger charge is 2.20. The number of aromatic nitrogens is 1. The molecule has 5 nitrogen and oxygen atoms in total. The van der Waals surface area contributed by atoms with Gasteiger partial charge in [0.15, 0.2) is 0 Å². The Morgan fingerprint density at radius 3 is 2.89 bits per heavy atom. The molecule has 1 aromatic heterocycles. The van der Waals surface area contributed by atoms with Crippen LogP contribution in [0.2, 0.25) is 0 Å². The van der Waals surface area contributed by atoms with Crippen molar-refractivity contribution in [2.24, 2.45) is 0 Å². The van der Waals surface area contributed by atoms with Crippen LogP contribution in [-0.4, -0.2) is 44.7 Å². The number of nitrogens with zero attached hydrogens (tertiary/aromatic N) is 2. The molecule has 1 N–H and O–H groups in total. The standard InChI is InChI=1S/C14H21N3O2/c1-4-17(2)13-11(14(18)19-3)9-10-5-7-15-8-6-12(10)16-13/h9,15H,4-8H2,1-3H3. The first-order valence-corrected chi connectivity index (χ1v) is 6.70. The lowest BCUT2D eigenvalue weighted by Gasteiger charge is -2.20. The molecule has 0 fully saturated rings. The molecular weight excluding hydrogens is 242 g/mol. The van der Waals surface area contributed by atoms with Crippen LogP contribution in [0.25, 0.3) is 0 Å². The number of ether oxygens (including phenoxy) is 1. The second-order valence-corrected chi connectivity index (χ2v) is 4.72. The topological polar surface area (TPSA) is 54.5 Å². The van der Waals surface area contributed by atoms with Crippen molar-refractivity contribution in [1.29, 1.82) is 0 Å². The molecule has 0 aromatic carbocycles. The average molecular weight is 263 g/mol. The maximum atomic E-state index is 11.9. The summed E-state index contributed by atoms with van der Waals surface area (Å²) >= 11 is 0. The van der Waals surface area contributed by atoms with Gasteiger partial charge in [-0.3, -0.25) is 0 Å². The van der Waals surface area contributed by atoms with Gasteiger partial charge in [-0.15, -0.1) is 0 Å². The molecule has 1 aromatic rings. The molecule has 0 saturated carbocycles. The molecule has 0 saturated heterocycles. The minimum atomic E-state index is -0.317. The van der Waals surface area contributed by atoms with Gasteiger partial charge in [-0.2, -0.15) is 0 Å². The smallest absolute Gasteiger partial charge is 0.341 e. The molecule has 0 spiro atoms. The Morgan fingerprint density at radius 1 is 1.47 bits per heavy atom. The molecule has 1 aliphatic rings. The lowest BCUT2D eigenvalue weighted by molar-refractivity contribution is 0.0601. The van der Waals surface area contributed by atoms with Gasteiger partial charge in [-0.25, -0.2) is 9.78 Å². The molecular formula is C14H21N3O2. The number of carbonyl (C=O) groups is 1. The summed E-state index contributed by atoms with van der Waals surface area (Å²) in [6, 6.07) is 1.95. The number of hydrogen-bond acceptors (Lipinski definition) is 5. The molecule has 5 heteroatoms. The summed E-state index contributed by atoms with van der Waals surface area (Å²) in [6.45, 7) is 4.70. The van der Waals surface area contributed by atoms with E-state index in [1.165, 1.54) is 7.11 Å². The quantitative estimate of drug-likeness (QED) is 0.825. The number of rotatable bonds is 3. The highest BCUT2D eigenvalue weighted by atomic mass is 16.5. The molecule has 0 unspecified atom stereocenters. The summed E-state index contributed by atoms with van der Waals surface area (Å²) in [5, 5.41) is 3.35. The van der Waals surface area contributed by atoms with Crippen molar-refractivity contribution in [3.8, 4) is 0 Å². The van der Waals surface area contributed by atoms with Crippen LogP contribution in [0.15, 0.2) is 6.07 Å². The Labute approximate surface area is 114 Å². The van der Waals surface area contributed by atoms with Crippen molar-refractivity contribution in [3.05, 3.63) is 22.9 Å². The van der Waals surface area contributed by atoms with Crippen molar-refractivity contribution in [1.82, 2.24) is 10.3 Å². The Balaban J connectivity index is 2.50. The van der Waals surface area contributed by atoms with Crippen LogP contribution in [0.5, 0.6) is 0 Å². The molecule has 2 rings (SSSR count). The van der Waals surface area contributed by atoms with Gasteiger partial charge in [0.25, 0.3) is 0 Å². The Kier molecular flexibility index (Phi) is 4.37. The Hall–Kier alpha value is -1.62. The molecule has 0 atom stereocenters. The van der Waals surface area contributed by atoms with E-state index in [-0.39, 0.29) is 5.97 Å². The second-order valence-electron chi connectivity index (χ2n) is 4.72. The number of nitrogens with one attached hydrogen (secondary N) is 1. The third-order valence-corrected chi connectivity index (χ3v) is 3.52. The SMILES string of the molecule is CCN(C)c1nc2c(cc1C(=O)OC)CCNCC2. The zero-order valence-corrected chi connectivity index (χ0v) is 11.8. The minimum Gasteiger partial charge on any atom is -0.465 e. The van der Waals surface area contributed by atoms with Gasteiger partial charge in [0.05, 0.1) is 7.11 Å². The fraction of sp³-hybridized carbons (Fsp3) is 0.571. The number of hydrogen-bond donors (Lipinski definition) is 1. The summed E-state index contributed by atoms with van der Waals surface area (Å²) in [7, 11) is 3.35. The summed E-state index contributed by atoms with van der Waals surface area (Å²) < 4.78 is 4.87. The van der Waals surface area contributed by atoms with E-state index >= 15 is 0 Å². The zero-order valence-electron chi connectivity index (χ0n) is 11.8. The van der Waals surface area contributed by atoms with E-state index in [4.69, 9.17) is 9.72 Å². The van der Waals surface area contributed by atoms with E-state index in [0.717, 1.165) is 49.6 Å².